The number of rotatable bonds is 5. The summed E-state index contributed by atoms with van der Waals surface area (Å²) in [6.45, 7) is -0.602. The SMILES string of the molecule is O=S(=O)(NCc1nn[nH]n1)c1cc(CO)ccc1F. The first-order chi connectivity index (χ1) is 9.03. The van der Waals surface area contributed by atoms with Gasteiger partial charge in [0.1, 0.15) is 10.7 Å². The third-order valence-corrected chi connectivity index (χ3v) is 3.69. The molecule has 0 unspecified atom stereocenters. The van der Waals surface area contributed by atoms with Crippen LogP contribution in [0, 0.1) is 5.82 Å². The van der Waals surface area contributed by atoms with Gasteiger partial charge in [0.2, 0.25) is 10.0 Å². The average Bonchev–Trinajstić information content (AvgIpc) is 2.90. The maximum absolute atomic E-state index is 13.5. The van der Waals surface area contributed by atoms with Crippen LogP contribution in [0.2, 0.25) is 0 Å². The third-order valence-electron chi connectivity index (χ3n) is 2.28. The first-order valence-corrected chi connectivity index (χ1v) is 6.62. The summed E-state index contributed by atoms with van der Waals surface area (Å²) in [6, 6.07) is 3.34. The molecule has 0 radical (unpaired) electrons. The zero-order valence-corrected chi connectivity index (χ0v) is 10.4. The van der Waals surface area contributed by atoms with Gasteiger partial charge >= 0.3 is 0 Å². The molecule has 0 bridgehead atoms. The molecule has 0 amide bonds. The van der Waals surface area contributed by atoms with Gasteiger partial charge in [0, 0.05) is 0 Å². The zero-order chi connectivity index (χ0) is 13.9. The molecule has 0 atom stereocenters. The summed E-state index contributed by atoms with van der Waals surface area (Å²) >= 11 is 0. The minimum absolute atomic E-state index is 0.127. The highest BCUT2D eigenvalue weighted by atomic mass is 32.2. The normalized spacial score (nSPS) is 11.7. The van der Waals surface area contributed by atoms with Crippen LogP contribution in [0.3, 0.4) is 0 Å². The number of aromatic amines is 1. The van der Waals surface area contributed by atoms with Gasteiger partial charge in [-0.2, -0.15) is 5.21 Å². The molecule has 1 aromatic carbocycles. The van der Waals surface area contributed by atoms with E-state index in [1.807, 2.05) is 0 Å². The zero-order valence-electron chi connectivity index (χ0n) is 9.54. The van der Waals surface area contributed by atoms with Crippen LogP contribution in [0.5, 0.6) is 0 Å². The minimum atomic E-state index is -4.06. The fourth-order valence-electron chi connectivity index (χ4n) is 1.35. The lowest BCUT2D eigenvalue weighted by Gasteiger charge is -2.07. The average molecular weight is 287 g/mol. The summed E-state index contributed by atoms with van der Waals surface area (Å²) in [5, 5.41) is 21.5. The van der Waals surface area contributed by atoms with Crippen molar-refractivity contribution in [2.24, 2.45) is 0 Å². The lowest BCUT2D eigenvalue weighted by Crippen LogP contribution is -2.25. The van der Waals surface area contributed by atoms with Crippen LogP contribution >= 0.6 is 0 Å². The Labute approximate surface area is 107 Å². The predicted molar refractivity (Wildman–Crippen MR) is 60.5 cm³/mol. The second-order valence-electron chi connectivity index (χ2n) is 3.58. The molecule has 0 aliphatic rings. The summed E-state index contributed by atoms with van der Waals surface area (Å²) in [6.07, 6.45) is 0. The highest BCUT2D eigenvalue weighted by molar-refractivity contribution is 7.89. The second-order valence-corrected chi connectivity index (χ2v) is 5.31. The van der Waals surface area contributed by atoms with Gasteiger partial charge in [0.15, 0.2) is 5.82 Å². The van der Waals surface area contributed by atoms with Crippen molar-refractivity contribution in [3.8, 4) is 0 Å². The molecular weight excluding hydrogens is 277 g/mol. The summed E-state index contributed by atoms with van der Waals surface area (Å²) < 4.78 is 39.4. The van der Waals surface area contributed by atoms with Crippen LogP contribution in [0.15, 0.2) is 23.1 Å². The lowest BCUT2D eigenvalue weighted by atomic mass is 10.2. The van der Waals surface area contributed by atoms with Crippen molar-refractivity contribution in [1.29, 1.82) is 0 Å². The predicted octanol–water partition coefficient (Wildman–Crippen LogP) is -0.690. The van der Waals surface area contributed by atoms with Gasteiger partial charge in [-0.05, 0) is 17.7 Å². The van der Waals surface area contributed by atoms with E-state index in [-0.39, 0.29) is 19.0 Å². The quantitative estimate of drug-likeness (QED) is 0.669. The molecular formula is C9H10FN5O3S. The number of sulfonamides is 1. The Morgan fingerprint density at radius 2 is 2.21 bits per heavy atom. The lowest BCUT2D eigenvalue weighted by molar-refractivity contribution is 0.281. The monoisotopic (exact) mass is 287 g/mol. The van der Waals surface area contributed by atoms with Gasteiger partial charge in [0.25, 0.3) is 0 Å². The first kappa shape index (κ1) is 13.5. The summed E-state index contributed by atoms with van der Waals surface area (Å²) in [7, 11) is -4.06. The molecule has 102 valence electrons. The number of hydrogen-bond donors (Lipinski definition) is 3. The van der Waals surface area contributed by atoms with E-state index in [0.29, 0.717) is 5.56 Å². The molecule has 19 heavy (non-hydrogen) atoms. The first-order valence-electron chi connectivity index (χ1n) is 5.14. The van der Waals surface area contributed by atoms with Crippen LogP contribution < -0.4 is 4.72 Å². The van der Waals surface area contributed by atoms with E-state index < -0.39 is 20.7 Å². The van der Waals surface area contributed by atoms with E-state index in [4.69, 9.17) is 5.11 Å². The number of H-pyrrole nitrogens is 1. The molecule has 0 fully saturated rings. The molecule has 3 N–H and O–H groups in total. The molecule has 1 aromatic heterocycles. The van der Waals surface area contributed by atoms with Crippen molar-refractivity contribution < 1.29 is 17.9 Å². The van der Waals surface area contributed by atoms with Gasteiger partial charge < -0.3 is 5.11 Å². The third kappa shape index (κ3) is 3.10. The molecule has 0 aliphatic heterocycles. The van der Waals surface area contributed by atoms with Crippen molar-refractivity contribution in [2.75, 3.05) is 0 Å². The second kappa shape index (κ2) is 5.38. The molecule has 2 aromatic rings. The summed E-state index contributed by atoms with van der Waals surface area (Å²) in [5.41, 5.74) is 0.293. The van der Waals surface area contributed by atoms with Crippen LogP contribution in [0.25, 0.3) is 0 Å². The van der Waals surface area contributed by atoms with Crippen LogP contribution in [0.1, 0.15) is 11.4 Å². The Hall–Kier alpha value is -1.91. The fraction of sp³-hybridized carbons (Fsp3) is 0.222. The van der Waals surface area contributed by atoms with Gasteiger partial charge in [0.05, 0.1) is 13.2 Å². The number of aliphatic hydroxyl groups is 1. The number of hydrogen-bond acceptors (Lipinski definition) is 6. The Kier molecular flexibility index (Phi) is 3.83. The Balaban J connectivity index is 2.23. The van der Waals surface area contributed by atoms with Gasteiger partial charge in [-0.25, -0.2) is 17.5 Å². The molecule has 0 spiro atoms. The molecule has 0 aliphatic carbocycles. The van der Waals surface area contributed by atoms with E-state index in [1.165, 1.54) is 6.07 Å². The van der Waals surface area contributed by atoms with Crippen molar-refractivity contribution in [2.45, 2.75) is 18.0 Å². The number of aromatic nitrogens is 4. The largest absolute Gasteiger partial charge is 0.392 e. The van der Waals surface area contributed by atoms with Gasteiger partial charge in [-0.1, -0.05) is 11.3 Å². The molecule has 0 saturated heterocycles. The Bertz CT molecular complexity index is 658. The van der Waals surface area contributed by atoms with Crippen molar-refractivity contribution in [3.05, 3.63) is 35.4 Å². The number of tetrazole rings is 1. The van der Waals surface area contributed by atoms with Crippen molar-refractivity contribution in [3.63, 3.8) is 0 Å². The highest BCUT2D eigenvalue weighted by Crippen LogP contribution is 2.16. The topological polar surface area (TPSA) is 121 Å². The van der Waals surface area contributed by atoms with Crippen LogP contribution in [-0.2, 0) is 23.2 Å². The fourth-order valence-corrected chi connectivity index (χ4v) is 2.45. The maximum atomic E-state index is 13.5. The molecule has 8 nitrogen and oxygen atoms in total. The van der Waals surface area contributed by atoms with Crippen molar-refractivity contribution in [1.82, 2.24) is 25.3 Å². The number of nitrogens with one attached hydrogen (secondary N) is 2. The Morgan fingerprint density at radius 3 is 2.84 bits per heavy atom. The molecule has 1 heterocycles. The molecule has 2 rings (SSSR count). The molecule has 10 heteroatoms. The van der Waals surface area contributed by atoms with E-state index in [0.717, 1.165) is 12.1 Å². The number of benzene rings is 1. The number of nitrogens with zero attached hydrogens (tertiary/aromatic N) is 3. The minimum Gasteiger partial charge on any atom is -0.392 e. The number of halogens is 1. The number of aliphatic hydroxyl groups excluding tert-OH is 1. The van der Waals surface area contributed by atoms with E-state index in [2.05, 4.69) is 25.3 Å². The summed E-state index contributed by atoms with van der Waals surface area (Å²) in [5.74, 6) is -0.778. The van der Waals surface area contributed by atoms with E-state index >= 15 is 0 Å². The van der Waals surface area contributed by atoms with Gasteiger partial charge in [-0.15, -0.1) is 10.2 Å². The van der Waals surface area contributed by atoms with E-state index in [1.54, 1.807) is 0 Å². The Morgan fingerprint density at radius 1 is 1.42 bits per heavy atom. The summed E-state index contributed by atoms with van der Waals surface area (Å²) in [4.78, 5) is -0.539. The van der Waals surface area contributed by atoms with Crippen LogP contribution in [-0.4, -0.2) is 34.1 Å². The highest BCUT2D eigenvalue weighted by Gasteiger charge is 2.20. The van der Waals surface area contributed by atoms with Gasteiger partial charge in [-0.3, -0.25) is 0 Å². The van der Waals surface area contributed by atoms with Crippen LogP contribution in [0.4, 0.5) is 4.39 Å². The maximum Gasteiger partial charge on any atom is 0.243 e. The smallest absolute Gasteiger partial charge is 0.243 e. The standard InChI is InChI=1S/C9H10FN5O3S/c10-7-2-1-6(5-16)3-8(7)19(17,18)11-4-9-12-14-15-13-9/h1-3,11,16H,4-5H2,(H,12,13,14,15). The van der Waals surface area contributed by atoms with Crippen molar-refractivity contribution >= 4 is 10.0 Å². The molecule has 0 saturated carbocycles. The van der Waals surface area contributed by atoms with E-state index in [9.17, 15) is 12.8 Å².